The fourth-order valence-electron chi connectivity index (χ4n) is 7.01. The summed E-state index contributed by atoms with van der Waals surface area (Å²) in [6.45, 7) is -4.57. The molecule has 5 aliphatic heterocycles. The normalized spacial score (nSPS) is 53.2. The highest BCUT2D eigenvalue weighted by Gasteiger charge is 2.56. The minimum absolute atomic E-state index is 0.842. The third-order valence-corrected chi connectivity index (χ3v) is 10.3. The van der Waals surface area contributed by atoms with Crippen LogP contribution < -0.4 is 0 Å². The van der Waals surface area contributed by atoms with Crippen molar-refractivity contribution in [2.24, 2.45) is 0 Å². The highest BCUT2D eigenvalue weighted by Crippen LogP contribution is 2.35. The van der Waals surface area contributed by atoms with Crippen molar-refractivity contribution in [1.82, 2.24) is 0 Å². The molecule has 5 fully saturated rings. The Kier molecular flexibility index (Phi) is 16.1. The molecule has 17 N–H and O–H groups in total. The molecule has 0 aliphatic carbocycles. The van der Waals surface area contributed by atoms with Crippen LogP contribution in [-0.4, -0.2) is 273 Å². The van der Waals surface area contributed by atoms with Crippen molar-refractivity contribution in [3.63, 3.8) is 0 Å². The molecule has 26 heteroatoms. The second-order valence-corrected chi connectivity index (χ2v) is 13.9. The van der Waals surface area contributed by atoms with Crippen molar-refractivity contribution < 1.29 is 129 Å². The lowest BCUT2D eigenvalue weighted by Gasteiger charge is -2.49. The van der Waals surface area contributed by atoms with E-state index in [4.69, 9.17) is 42.6 Å². The molecule has 0 spiro atoms. The Bertz CT molecular complexity index is 1200. The molecular weight excluding hydrogens is 776 g/mol. The van der Waals surface area contributed by atoms with Crippen LogP contribution in [0.2, 0.25) is 0 Å². The highest BCUT2D eigenvalue weighted by atomic mass is 16.8. The zero-order valence-electron chi connectivity index (χ0n) is 29.2. The summed E-state index contributed by atoms with van der Waals surface area (Å²) >= 11 is 0. The van der Waals surface area contributed by atoms with Gasteiger partial charge in [-0.05, 0) is 0 Å². The van der Waals surface area contributed by atoms with E-state index in [1.54, 1.807) is 0 Å². The molecule has 25 atom stereocenters. The Balaban J connectivity index is 1.29. The molecule has 0 saturated carbocycles. The third-order valence-electron chi connectivity index (χ3n) is 10.3. The van der Waals surface area contributed by atoms with Crippen molar-refractivity contribution in [2.45, 2.75) is 154 Å². The molecule has 0 bridgehead atoms. The van der Waals surface area contributed by atoms with Crippen LogP contribution in [0, 0.1) is 0 Å². The van der Waals surface area contributed by atoms with E-state index < -0.39 is 187 Å². The predicted octanol–water partition coefficient (Wildman–Crippen LogP) is -11.9. The SMILES string of the molecule is OCC1O[C@H](OC2[C@@H](O[C@@H]3C(CO)O[C@H](O[C@@H]4C(CO)O[C@H](O[C@@H]5C(CO)O[C@@H](O)C(O)[C@H]5O)C(O)[C@H]4O)C(O)[C@H]3O)OC(CO)[C@@H](O)[C@@H]2O)C(O)C(O)[C@@H]1O. The summed E-state index contributed by atoms with van der Waals surface area (Å²) in [6, 6.07) is 0. The fourth-order valence-corrected chi connectivity index (χ4v) is 7.01. The molecular formula is C30H52O26. The monoisotopic (exact) mass is 828 g/mol. The average Bonchev–Trinajstić information content (AvgIpc) is 3.19. The number of ether oxygens (including phenoxy) is 9. The maximum atomic E-state index is 11.2. The molecule has 5 aliphatic rings. The van der Waals surface area contributed by atoms with E-state index in [1.165, 1.54) is 0 Å². The third kappa shape index (κ3) is 9.16. The molecule has 328 valence electrons. The smallest absolute Gasteiger partial charge is 0.187 e. The van der Waals surface area contributed by atoms with Crippen LogP contribution in [0.3, 0.4) is 0 Å². The highest BCUT2D eigenvalue weighted by molar-refractivity contribution is 4.99. The van der Waals surface area contributed by atoms with Gasteiger partial charge in [-0.1, -0.05) is 0 Å². The van der Waals surface area contributed by atoms with E-state index in [2.05, 4.69) is 0 Å². The fraction of sp³-hybridized carbons (Fsp3) is 1.00. The van der Waals surface area contributed by atoms with Gasteiger partial charge in [-0.2, -0.15) is 0 Å². The van der Waals surface area contributed by atoms with Gasteiger partial charge < -0.3 is 129 Å². The van der Waals surface area contributed by atoms with Crippen molar-refractivity contribution in [3.8, 4) is 0 Å². The van der Waals surface area contributed by atoms with E-state index in [-0.39, 0.29) is 0 Å². The van der Waals surface area contributed by atoms with E-state index >= 15 is 0 Å². The molecule has 11 unspecified atom stereocenters. The summed E-state index contributed by atoms with van der Waals surface area (Å²) < 4.78 is 49.5. The maximum Gasteiger partial charge on any atom is 0.187 e. The minimum atomic E-state index is -2.15. The van der Waals surface area contributed by atoms with Gasteiger partial charge in [-0.25, -0.2) is 0 Å². The van der Waals surface area contributed by atoms with Crippen molar-refractivity contribution >= 4 is 0 Å². The lowest BCUT2D eigenvalue weighted by Crippen LogP contribution is -2.68. The molecule has 0 aromatic rings. The number of hydrogen-bond acceptors (Lipinski definition) is 26. The zero-order valence-corrected chi connectivity index (χ0v) is 29.2. The van der Waals surface area contributed by atoms with Crippen LogP contribution in [-0.2, 0) is 42.6 Å². The van der Waals surface area contributed by atoms with E-state index in [1.807, 2.05) is 0 Å². The van der Waals surface area contributed by atoms with Crippen LogP contribution >= 0.6 is 0 Å². The van der Waals surface area contributed by atoms with Crippen molar-refractivity contribution in [1.29, 1.82) is 0 Å². The van der Waals surface area contributed by atoms with E-state index in [0.717, 1.165) is 0 Å². The molecule has 5 saturated heterocycles. The predicted molar refractivity (Wildman–Crippen MR) is 167 cm³/mol. The first kappa shape index (κ1) is 46.0. The van der Waals surface area contributed by atoms with Gasteiger partial charge in [0.05, 0.1) is 33.0 Å². The Morgan fingerprint density at radius 1 is 0.268 bits per heavy atom. The van der Waals surface area contributed by atoms with Crippen molar-refractivity contribution in [3.05, 3.63) is 0 Å². The van der Waals surface area contributed by atoms with Gasteiger partial charge in [0.1, 0.15) is 122 Å². The van der Waals surface area contributed by atoms with Gasteiger partial charge >= 0.3 is 0 Å². The van der Waals surface area contributed by atoms with Gasteiger partial charge in [0, 0.05) is 0 Å². The van der Waals surface area contributed by atoms with Crippen molar-refractivity contribution in [2.75, 3.05) is 33.0 Å². The first-order valence-corrected chi connectivity index (χ1v) is 17.6. The Hall–Kier alpha value is -1.04. The molecule has 5 heterocycles. The van der Waals surface area contributed by atoms with Crippen LogP contribution in [0.25, 0.3) is 0 Å². The van der Waals surface area contributed by atoms with Gasteiger partial charge in [0.2, 0.25) is 0 Å². The molecule has 5 rings (SSSR count). The number of aliphatic hydroxyl groups is 17. The van der Waals surface area contributed by atoms with Crippen LogP contribution in [0.15, 0.2) is 0 Å². The summed E-state index contributed by atoms with van der Waals surface area (Å²) in [5, 5.41) is 176. The lowest BCUT2D eigenvalue weighted by molar-refractivity contribution is -0.398. The molecule has 26 nitrogen and oxygen atoms in total. The van der Waals surface area contributed by atoms with E-state index in [0.29, 0.717) is 0 Å². The largest absolute Gasteiger partial charge is 0.394 e. The van der Waals surface area contributed by atoms with E-state index in [9.17, 15) is 86.8 Å². The van der Waals surface area contributed by atoms with Gasteiger partial charge in [0.25, 0.3) is 0 Å². The molecule has 0 amide bonds. The van der Waals surface area contributed by atoms with Crippen LogP contribution in [0.1, 0.15) is 0 Å². The minimum Gasteiger partial charge on any atom is -0.394 e. The Morgan fingerprint density at radius 2 is 0.554 bits per heavy atom. The topological polar surface area (TPSA) is 427 Å². The zero-order chi connectivity index (χ0) is 41.3. The number of rotatable bonds is 13. The first-order chi connectivity index (χ1) is 26.5. The second-order valence-electron chi connectivity index (χ2n) is 13.9. The summed E-state index contributed by atoms with van der Waals surface area (Å²) in [6.07, 6.45) is -46.4. The average molecular weight is 829 g/mol. The Morgan fingerprint density at radius 3 is 0.982 bits per heavy atom. The van der Waals surface area contributed by atoms with Crippen LogP contribution in [0.5, 0.6) is 0 Å². The molecule has 0 aromatic heterocycles. The summed E-state index contributed by atoms with van der Waals surface area (Å²) in [7, 11) is 0. The van der Waals surface area contributed by atoms with Gasteiger partial charge in [-0.3, -0.25) is 0 Å². The van der Waals surface area contributed by atoms with Gasteiger partial charge in [-0.15, -0.1) is 0 Å². The standard InChI is InChI=1S/C30H52O26/c31-1-6-11(36)13(38)19(44)27(49-6)56-25-14(39)12(37)7(2-32)50-30(25)55-24-10(5-35)52-29(21(46)17(24)42)54-23-9(4-34)51-28(20(45)16(23)41)53-22-8(3-33)48-26(47)18(43)15(22)40/h6-47H,1-5H2/t6?,7?,8?,9?,10?,11-,12-,13?,14+,15-,16-,17-,18?,19?,20?,21?,22-,23-,24-,25?,26-,27-,28-,29-,30-/m1/s1. The molecule has 0 aromatic carbocycles. The maximum absolute atomic E-state index is 11.2. The summed E-state index contributed by atoms with van der Waals surface area (Å²) in [5.41, 5.74) is 0. The Labute approximate surface area is 316 Å². The summed E-state index contributed by atoms with van der Waals surface area (Å²) in [4.78, 5) is 0. The van der Waals surface area contributed by atoms with Gasteiger partial charge in [0.15, 0.2) is 31.5 Å². The molecule has 56 heavy (non-hydrogen) atoms. The number of aliphatic hydroxyl groups excluding tert-OH is 17. The summed E-state index contributed by atoms with van der Waals surface area (Å²) in [5.74, 6) is 0. The van der Waals surface area contributed by atoms with Crippen LogP contribution in [0.4, 0.5) is 0 Å². The lowest BCUT2D eigenvalue weighted by atomic mass is 9.95. The number of hydrogen-bond donors (Lipinski definition) is 17. The quantitative estimate of drug-likeness (QED) is 0.0819. The first-order valence-electron chi connectivity index (χ1n) is 17.6. The second kappa shape index (κ2) is 19.6. The molecule has 0 radical (unpaired) electrons.